The molecule has 0 saturated carbocycles. The Morgan fingerprint density at radius 3 is 2.56 bits per heavy atom. The van der Waals surface area contributed by atoms with Crippen LogP contribution in [0.3, 0.4) is 0 Å². The molecule has 1 N–H and O–H groups in total. The zero-order valence-electron chi connectivity index (χ0n) is 15.5. The normalized spacial score (nSPS) is 11.4. The van der Waals surface area contributed by atoms with Crippen LogP contribution < -0.4 is 10.1 Å². The Balaban J connectivity index is 1.87. The smallest absolute Gasteiger partial charge is 0.255 e. The fraction of sp³-hybridized carbons (Fsp3) is 0.474. The van der Waals surface area contributed by atoms with Gasteiger partial charge in [-0.1, -0.05) is 12.1 Å². The zero-order chi connectivity index (χ0) is 18.6. The highest BCUT2D eigenvalue weighted by atomic mass is 19.1. The lowest BCUT2D eigenvalue weighted by Crippen LogP contribution is -2.28. The van der Waals surface area contributed by atoms with Crippen molar-refractivity contribution in [1.82, 2.24) is 15.1 Å². The summed E-state index contributed by atoms with van der Waals surface area (Å²) in [7, 11) is 0. The molecule has 0 bridgehead atoms. The van der Waals surface area contributed by atoms with E-state index >= 15 is 0 Å². The van der Waals surface area contributed by atoms with Crippen molar-refractivity contribution in [2.24, 2.45) is 0 Å². The van der Waals surface area contributed by atoms with Gasteiger partial charge in [-0.05, 0) is 53.2 Å². The third-order valence-electron chi connectivity index (χ3n) is 3.85. The van der Waals surface area contributed by atoms with Crippen molar-refractivity contribution in [3.8, 4) is 5.75 Å². The number of carbonyl (C=O) groups excluding carboxylic acids is 1. The zero-order valence-corrected chi connectivity index (χ0v) is 15.5. The first-order valence-corrected chi connectivity index (χ1v) is 8.44. The third-order valence-corrected chi connectivity index (χ3v) is 3.85. The number of aromatic nitrogens is 2. The van der Waals surface area contributed by atoms with Crippen molar-refractivity contribution in [2.75, 3.05) is 13.2 Å². The van der Waals surface area contributed by atoms with Crippen LogP contribution in [0.25, 0.3) is 0 Å². The van der Waals surface area contributed by atoms with Gasteiger partial charge in [0, 0.05) is 12.2 Å². The van der Waals surface area contributed by atoms with Crippen molar-refractivity contribution in [3.05, 3.63) is 47.0 Å². The van der Waals surface area contributed by atoms with E-state index in [0.29, 0.717) is 30.8 Å². The van der Waals surface area contributed by atoms with E-state index in [9.17, 15) is 9.18 Å². The molecule has 5 nitrogen and oxygen atoms in total. The average Bonchev–Trinajstić information content (AvgIpc) is 2.83. The number of ether oxygens (including phenoxy) is 1. The molecule has 2 aromatic rings. The molecule has 136 valence electrons. The maximum Gasteiger partial charge on any atom is 0.255 e. The molecule has 1 aromatic carbocycles. The van der Waals surface area contributed by atoms with Gasteiger partial charge in [-0.25, -0.2) is 4.39 Å². The van der Waals surface area contributed by atoms with Crippen LogP contribution in [0.2, 0.25) is 0 Å². The van der Waals surface area contributed by atoms with E-state index in [2.05, 4.69) is 10.4 Å². The number of aryl methyl sites for hydroxylation is 1. The number of para-hydroxylation sites is 1. The van der Waals surface area contributed by atoms with E-state index in [1.54, 1.807) is 18.2 Å². The molecule has 0 aliphatic heterocycles. The van der Waals surface area contributed by atoms with Gasteiger partial charge in [0.2, 0.25) is 0 Å². The van der Waals surface area contributed by atoms with E-state index < -0.39 is 0 Å². The quantitative estimate of drug-likeness (QED) is 0.813. The van der Waals surface area contributed by atoms with Gasteiger partial charge in [-0.2, -0.15) is 5.10 Å². The van der Waals surface area contributed by atoms with Gasteiger partial charge >= 0.3 is 0 Å². The number of rotatable bonds is 6. The number of amides is 1. The van der Waals surface area contributed by atoms with Crippen molar-refractivity contribution < 1.29 is 13.9 Å². The summed E-state index contributed by atoms with van der Waals surface area (Å²) in [5.74, 6) is -0.296. The molecule has 1 aromatic heterocycles. The highest BCUT2D eigenvalue weighted by Crippen LogP contribution is 2.21. The standard InChI is InChI=1S/C19H26FN3O2/c1-13-17(14(2)23(22-13)19(3,4)5)18(24)21-11-8-12-25-16-10-7-6-9-15(16)20/h6-7,9-10H,8,11-12H2,1-5H3,(H,21,24). The lowest BCUT2D eigenvalue weighted by molar-refractivity contribution is 0.0950. The summed E-state index contributed by atoms with van der Waals surface area (Å²) in [4.78, 5) is 12.4. The maximum absolute atomic E-state index is 13.4. The molecule has 25 heavy (non-hydrogen) atoms. The Labute approximate surface area is 148 Å². The summed E-state index contributed by atoms with van der Waals surface area (Å²) in [6.45, 7) is 10.7. The topological polar surface area (TPSA) is 56.2 Å². The van der Waals surface area contributed by atoms with Gasteiger partial charge in [0.1, 0.15) is 0 Å². The van der Waals surface area contributed by atoms with Crippen LogP contribution in [0.4, 0.5) is 4.39 Å². The van der Waals surface area contributed by atoms with Gasteiger partial charge < -0.3 is 10.1 Å². The molecule has 6 heteroatoms. The average molecular weight is 347 g/mol. The Morgan fingerprint density at radius 2 is 1.96 bits per heavy atom. The number of benzene rings is 1. The molecule has 2 rings (SSSR count). The van der Waals surface area contributed by atoms with Crippen LogP contribution in [-0.2, 0) is 5.54 Å². The van der Waals surface area contributed by atoms with Crippen LogP contribution >= 0.6 is 0 Å². The minimum atomic E-state index is -0.382. The highest BCUT2D eigenvalue weighted by Gasteiger charge is 2.24. The predicted molar refractivity (Wildman–Crippen MR) is 95.5 cm³/mol. The van der Waals surface area contributed by atoms with Crippen molar-refractivity contribution in [2.45, 2.75) is 46.6 Å². The van der Waals surface area contributed by atoms with Gasteiger partial charge in [-0.3, -0.25) is 9.48 Å². The SMILES string of the molecule is Cc1nn(C(C)(C)C)c(C)c1C(=O)NCCCOc1ccccc1F. The van der Waals surface area contributed by atoms with Crippen molar-refractivity contribution in [3.63, 3.8) is 0 Å². The Morgan fingerprint density at radius 1 is 1.28 bits per heavy atom. The summed E-state index contributed by atoms with van der Waals surface area (Å²) >= 11 is 0. The molecule has 1 amide bonds. The molecule has 0 aliphatic rings. The number of hydrogen-bond donors (Lipinski definition) is 1. The Bertz CT molecular complexity index is 748. The van der Waals surface area contributed by atoms with Gasteiger partial charge in [0.25, 0.3) is 5.91 Å². The lowest BCUT2D eigenvalue weighted by Gasteiger charge is -2.21. The first kappa shape index (κ1) is 19.0. The minimum Gasteiger partial charge on any atom is -0.490 e. The molecule has 0 fully saturated rings. The monoisotopic (exact) mass is 347 g/mol. The molecule has 0 radical (unpaired) electrons. The van der Waals surface area contributed by atoms with Crippen LogP contribution in [0, 0.1) is 19.7 Å². The summed E-state index contributed by atoms with van der Waals surface area (Å²) in [6, 6.07) is 6.28. The Hall–Kier alpha value is -2.37. The summed E-state index contributed by atoms with van der Waals surface area (Å²) < 4.78 is 20.7. The predicted octanol–water partition coefficient (Wildman–Crippen LogP) is 3.59. The first-order chi connectivity index (χ1) is 11.7. The molecule has 0 aliphatic carbocycles. The van der Waals surface area contributed by atoms with Crippen LogP contribution in [0.1, 0.15) is 48.9 Å². The molecule has 0 spiro atoms. The number of carbonyl (C=O) groups is 1. The second kappa shape index (κ2) is 7.68. The third kappa shape index (κ3) is 4.59. The molecule has 0 unspecified atom stereocenters. The molecular formula is C19H26FN3O2. The van der Waals surface area contributed by atoms with E-state index in [-0.39, 0.29) is 23.0 Å². The molecular weight excluding hydrogens is 321 g/mol. The number of halogens is 1. The van der Waals surface area contributed by atoms with E-state index in [1.807, 2.05) is 39.3 Å². The first-order valence-electron chi connectivity index (χ1n) is 8.44. The van der Waals surface area contributed by atoms with Crippen molar-refractivity contribution in [1.29, 1.82) is 0 Å². The van der Waals surface area contributed by atoms with E-state index in [0.717, 1.165) is 5.69 Å². The highest BCUT2D eigenvalue weighted by molar-refractivity contribution is 5.96. The van der Waals surface area contributed by atoms with Crippen molar-refractivity contribution >= 4 is 5.91 Å². The fourth-order valence-electron chi connectivity index (χ4n) is 2.73. The van der Waals surface area contributed by atoms with E-state index in [1.165, 1.54) is 6.07 Å². The number of nitrogens with one attached hydrogen (secondary N) is 1. The van der Waals surface area contributed by atoms with Gasteiger partial charge in [-0.15, -0.1) is 0 Å². The number of nitrogens with zero attached hydrogens (tertiary/aromatic N) is 2. The van der Waals surface area contributed by atoms with Crippen LogP contribution in [0.15, 0.2) is 24.3 Å². The van der Waals surface area contributed by atoms with Gasteiger partial charge in [0.15, 0.2) is 11.6 Å². The van der Waals surface area contributed by atoms with E-state index in [4.69, 9.17) is 4.74 Å². The molecule has 1 heterocycles. The largest absolute Gasteiger partial charge is 0.490 e. The van der Waals surface area contributed by atoms with Gasteiger partial charge in [0.05, 0.1) is 23.4 Å². The summed E-state index contributed by atoms with van der Waals surface area (Å²) in [5.41, 5.74) is 2.00. The maximum atomic E-state index is 13.4. The van der Waals surface area contributed by atoms with Crippen LogP contribution in [-0.4, -0.2) is 28.8 Å². The minimum absolute atomic E-state index is 0.142. The molecule has 0 saturated heterocycles. The lowest BCUT2D eigenvalue weighted by atomic mass is 10.1. The second-order valence-corrected chi connectivity index (χ2v) is 7.02. The Kier molecular flexibility index (Phi) is 5.82. The summed E-state index contributed by atoms with van der Waals surface area (Å²) in [5, 5.41) is 7.37. The summed E-state index contributed by atoms with van der Waals surface area (Å²) in [6.07, 6.45) is 0.589. The second-order valence-electron chi connectivity index (χ2n) is 7.02. The fourth-order valence-corrected chi connectivity index (χ4v) is 2.73. The molecule has 0 atom stereocenters. The number of hydrogen-bond acceptors (Lipinski definition) is 3. The van der Waals surface area contributed by atoms with Crippen LogP contribution in [0.5, 0.6) is 5.75 Å².